The summed E-state index contributed by atoms with van der Waals surface area (Å²) < 4.78 is 11.5. The number of benzene rings is 1. The van der Waals surface area contributed by atoms with Crippen LogP contribution in [0, 0.1) is 6.92 Å². The molecule has 1 aromatic rings. The van der Waals surface area contributed by atoms with Crippen LogP contribution in [0.25, 0.3) is 0 Å². The van der Waals surface area contributed by atoms with Crippen LogP contribution in [0.3, 0.4) is 0 Å². The van der Waals surface area contributed by atoms with Crippen LogP contribution in [0.1, 0.15) is 77.2 Å². The lowest BCUT2D eigenvalue weighted by molar-refractivity contribution is -0.132. The molecule has 1 saturated heterocycles. The standard InChI is InChI=1S/C27H41N3O6/c1-17(2)30(19-10-9-11-28(16-19)25(34)36-26(4,5)6)23(32)20-15-21-22(14-18(20)3)35-27(7,8)24(33)29(21)12-13-31/h14-15,17,19,31H,9-13,16H2,1-8H3/t19-/m1/s1. The first kappa shape index (κ1) is 27.8. The topological polar surface area (TPSA) is 99.6 Å². The van der Waals surface area contributed by atoms with E-state index < -0.39 is 11.2 Å². The molecule has 200 valence electrons. The van der Waals surface area contributed by atoms with Crippen molar-refractivity contribution in [1.29, 1.82) is 0 Å². The molecule has 3 amide bonds. The van der Waals surface area contributed by atoms with Crippen molar-refractivity contribution in [2.45, 2.75) is 91.5 Å². The number of aliphatic hydroxyl groups excluding tert-OH is 1. The normalized spacial score (nSPS) is 19.6. The summed E-state index contributed by atoms with van der Waals surface area (Å²) in [6, 6.07) is 3.20. The van der Waals surface area contributed by atoms with Crippen molar-refractivity contribution < 1.29 is 29.0 Å². The number of rotatable bonds is 5. The highest BCUT2D eigenvalue weighted by atomic mass is 16.6. The molecular weight excluding hydrogens is 462 g/mol. The summed E-state index contributed by atoms with van der Waals surface area (Å²) in [6.07, 6.45) is 1.18. The third kappa shape index (κ3) is 5.77. The highest BCUT2D eigenvalue weighted by Gasteiger charge is 2.42. The Balaban J connectivity index is 1.93. The fourth-order valence-corrected chi connectivity index (χ4v) is 4.90. The van der Waals surface area contributed by atoms with Crippen molar-refractivity contribution in [1.82, 2.24) is 9.80 Å². The van der Waals surface area contributed by atoms with E-state index >= 15 is 0 Å². The minimum absolute atomic E-state index is 0.108. The maximum absolute atomic E-state index is 14.0. The van der Waals surface area contributed by atoms with Gasteiger partial charge in [-0.1, -0.05) is 0 Å². The molecule has 0 aliphatic carbocycles. The zero-order valence-electron chi connectivity index (χ0n) is 22.9. The Morgan fingerprint density at radius 2 is 1.94 bits per heavy atom. The van der Waals surface area contributed by atoms with E-state index in [1.165, 1.54) is 4.90 Å². The first-order chi connectivity index (χ1) is 16.7. The van der Waals surface area contributed by atoms with E-state index in [-0.39, 0.29) is 43.1 Å². The molecule has 36 heavy (non-hydrogen) atoms. The van der Waals surface area contributed by atoms with E-state index in [0.717, 1.165) is 18.4 Å². The molecule has 1 aromatic carbocycles. The van der Waals surface area contributed by atoms with Gasteiger partial charge >= 0.3 is 6.09 Å². The third-order valence-electron chi connectivity index (χ3n) is 6.51. The van der Waals surface area contributed by atoms with Gasteiger partial charge in [-0.05, 0) is 85.9 Å². The molecule has 9 nitrogen and oxygen atoms in total. The molecule has 0 radical (unpaired) electrons. The van der Waals surface area contributed by atoms with Crippen molar-refractivity contribution in [2.75, 3.05) is 31.1 Å². The summed E-state index contributed by atoms with van der Waals surface area (Å²) in [6.45, 7) is 15.6. The number of nitrogens with zero attached hydrogens (tertiary/aromatic N) is 3. The number of fused-ring (bicyclic) bond motifs is 1. The summed E-state index contributed by atoms with van der Waals surface area (Å²) in [7, 11) is 0. The van der Waals surface area contributed by atoms with E-state index in [9.17, 15) is 19.5 Å². The molecule has 2 aliphatic heterocycles. The SMILES string of the molecule is Cc1cc2c(cc1C(=O)N(C(C)C)[C@@H]1CCCN(C(=O)OC(C)(C)C)C1)N(CCO)C(=O)C(C)(C)O2. The maximum Gasteiger partial charge on any atom is 0.410 e. The first-order valence-electron chi connectivity index (χ1n) is 12.7. The monoisotopic (exact) mass is 503 g/mol. The average molecular weight is 504 g/mol. The van der Waals surface area contributed by atoms with Crippen molar-refractivity contribution >= 4 is 23.6 Å². The number of piperidine rings is 1. The zero-order chi connectivity index (χ0) is 27.0. The Labute approximate surface area is 214 Å². The molecule has 2 aliphatic rings. The van der Waals surface area contributed by atoms with Crippen molar-refractivity contribution in [3.63, 3.8) is 0 Å². The Kier molecular flexibility index (Phi) is 7.93. The third-order valence-corrected chi connectivity index (χ3v) is 6.51. The van der Waals surface area contributed by atoms with Gasteiger partial charge in [0.15, 0.2) is 5.60 Å². The van der Waals surface area contributed by atoms with Gasteiger partial charge in [0, 0.05) is 31.2 Å². The number of hydrogen-bond donors (Lipinski definition) is 1. The highest BCUT2D eigenvalue weighted by Crippen LogP contribution is 2.40. The fourth-order valence-electron chi connectivity index (χ4n) is 4.90. The smallest absolute Gasteiger partial charge is 0.410 e. The van der Waals surface area contributed by atoms with E-state index in [4.69, 9.17) is 9.47 Å². The quantitative estimate of drug-likeness (QED) is 0.657. The van der Waals surface area contributed by atoms with Crippen molar-refractivity contribution in [2.24, 2.45) is 0 Å². The number of carbonyl (C=O) groups is 3. The lowest BCUT2D eigenvalue weighted by Crippen LogP contribution is -2.55. The van der Waals surface area contributed by atoms with Crippen LogP contribution in [-0.2, 0) is 9.53 Å². The Hall–Kier alpha value is -2.81. The number of ether oxygens (including phenoxy) is 2. The second-order valence-electron chi connectivity index (χ2n) is 11.5. The minimum Gasteiger partial charge on any atom is -0.476 e. The van der Waals surface area contributed by atoms with E-state index in [2.05, 4.69) is 0 Å². The molecule has 3 rings (SSSR count). The van der Waals surface area contributed by atoms with E-state index in [1.807, 2.05) is 46.4 Å². The number of hydrogen-bond acceptors (Lipinski definition) is 6. The average Bonchev–Trinajstić information content (AvgIpc) is 2.75. The molecule has 1 N–H and O–H groups in total. The molecule has 1 atom stereocenters. The molecular formula is C27H41N3O6. The molecule has 0 spiro atoms. The number of aliphatic hydroxyl groups is 1. The van der Waals surface area contributed by atoms with Crippen LogP contribution in [0.15, 0.2) is 12.1 Å². The number of amides is 3. The zero-order valence-corrected chi connectivity index (χ0v) is 22.9. The van der Waals surface area contributed by atoms with Gasteiger partial charge in [0.05, 0.1) is 18.3 Å². The fraction of sp³-hybridized carbons (Fsp3) is 0.667. The van der Waals surface area contributed by atoms with Gasteiger partial charge in [-0.15, -0.1) is 0 Å². The molecule has 0 unspecified atom stereocenters. The number of carbonyl (C=O) groups excluding carboxylic acids is 3. The predicted octanol–water partition coefficient (Wildman–Crippen LogP) is 3.74. The second kappa shape index (κ2) is 10.3. The Bertz CT molecular complexity index is 1010. The molecule has 1 fully saturated rings. The summed E-state index contributed by atoms with van der Waals surface area (Å²) in [5.74, 6) is 0.0711. The molecule has 0 bridgehead atoms. The van der Waals surface area contributed by atoms with Crippen LogP contribution >= 0.6 is 0 Å². The highest BCUT2D eigenvalue weighted by molar-refractivity contribution is 6.05. The van der Waals surface area contributed by atoms with Gasteiger partial charge < -0.3 is 29.3 Å². The lowest BCUT2D eigenvalue weighted by Gasteiger charge is -2.42. The van der Waals surface area contributed by atoms with E-state index in [0.29, 0.717) is 30.1 Å². The number of anilines is 1. The van der Waals surface area contributed by atoms with Crippen LogP contribution in [0.4, 0.5) is 10.5 Å². The molecule has 2 heterocycles. The van der Waals surface area contributed by atoms with Gasteiger partial charge in [-0.25, -0.2) is 4.79 Å². The van der Waals surface area contributed by atoms with Gasteiger partial charge in [0.25, 0.3) is 11.8 Å². The van der Waals surface area contributed by atoms with Gasteiger partial charge in [-0.2, -0.15) is 0 Å². The molecule has 0 saturated carbocycles. The first-order valence-corrected chi connectivity index (χ1v) is 12.7. The summed E-state index contributed by atoms with van der Waals surface area (Å²) >= 11 is 0. The van der Waals surface area contributed by atoms with Crippen LogP contribution in [0.5, 0.6) is 5.75 Å². The maximum atomic E-state index is 14.0. The molecule has 9 heteroatoms. The summed E-state index contributed by atoms with van der Waals surface area (Å²) in [5.41, 5.74) is 0.0168. The van der Waals surface area contributed by atoms with Crippen LogP contribution in [0.2, 0.25) is 0 Å². The minimum atomic E-state index is -1.07. The molecule has 0 aromatic heterocycles. The van der Waals surface area contributed by atoms with Crippen molar-refractivity contribution in [3.05, 3.63) is 23.3 Å². The largest absolute Gasteiger partial charge is 0.476 e. The van der Waals surface area contributed by atoms with Crippen LogP contribution < -0.4 is 9.64 Å². The summed E-state index contributed by atoms with van der Waals surface area (Å²) in [4.78, 5) is 44.7. The Morgan fingerprint density at radius 1 is 1.28 bits per heavy atom. The Morgan fingerprint density at radius 3 is 2.53 bits per heavy atom. The van der Waals surface area contributed by atoms with E-state index in [1.54, 1.807) is 30.9 Å². The predicted molar refractivity (Wildman–Crippen MR) is 137 cm³/mol. The number of aryl methyl sites for hydroxylation is 1. The lowest BCUT2D eigenvalue weighted by atomic mass is 9.97. The number of β-amino-alcohol motifs (C(OH)–C–C–N with tert-alkyl or cyclic N) is 1. The van der Waals surface area contributed by atoms with Gasteiger partial charge in [0.2, 0.25) is 0 Å². The van der Waals surface area contributed by atoms with Gasteiger partial charge in [-0.3, -0.25) is 9.59 Å². The van der Waals surface area contributed by atoms with Crippen LogP contribution in [-0.4, -0.2) is 82.3 Å². The summed E-state index contributed by atoms with van der Waals surface area (Å²) in [5, 5.41) is 9.58. The second-order valence-corrected chi connectivity index (χ2v) is 11.5. The van der Waals surface area contributed by atoms with Gasteiger partial charge in [0.1, 0.15) is 11.4 Å². The van der Waals surface area contributed by atoms with Crippen molar-refractivity contribution in [3.8, 4) is 5.75 Å². The number of likely N-dealkylation sites (tertiary alicyclic amines) is 1.